The van der Waals surface area contributed by atoms with Crippen LogP contribution in [0.3, 0.4) is 0 Å². The van der Waals surface area contributed by atoms with Crippen molar-refractivity contribution in [2.24, 2.45) is 0 Å². The Morgan fingerprint density at radius 1 is 0.846 bits per heavy atom. The molecule has 2 aromatic carbocycles. The van der Waals surface area contributed by atoms with E-state index in [4.69, 9.17) is 18.5 Å². The van der Waals surface area contributed by atoms with Crippen molar-refractivity contribution in [3.63, 3.8) is 0 Å². The first-order valence-corrected chi connectivity index (χ1v) is 8.26. The Morgan fingerprint density at radius 2 is 1.31 bits per heavy atom. The molecule has 0 fully saturated rings. The summed E-state index contributed by atoms with van der Waals surface area (Å²) in [5.41, 5.74) is 2.97. The molecule has 7 nitrogen and oxygen atoms in total. The zero-order valence-corrected chi connectivity index (χ0v) is 14.4. The molecule has 0 spiro atoms. The number of benzene rings is 2. The fraction of sp³-hybridized carbons (Fsp3) is 0.263. The molecule has 0 aliphatic heterocycles. The molecule has 2 heterocycles. The summed E-state index contributed by atoms with van der Waals surface area (Å²) >= 11 is 0. The van der Waals surface area contributed by atoms with Gasteiger partial charge in [0, 0.05) is 22.9 Å². The molecular formula is C19H18N2O5. The summed E-state index contributed by atoms with van der Waals surface area (Å²) in [7, 11) is 0. The molecule has 0 saturated heterocycles. The monoisotopic (exact) mass is 354 g/mol. The normalized spacial score (nSPS) is 11.5. The average molecular weight is 354 g/mol. The molecular weight excluding hydrogens is 336 g/mol. The lowest BCUT2D eigenvalue weighted by molar-refractivity contribution is 0.0627. The Bertz CT molecular complexity index is 969. The predicted octanol–water partition coefficient (Wildman–Crippen LogP) is 3.40. The number of aryl methyl sites for hydroxylation is 2. The minimum Gasteiger partial charge on any atom is -0.491 e. The summed E-state index contributed by atoms with van der Waals surface area (Å²) in [6.07, 6.45) is -0.783. The van der Waals surface area contributed by atoms with Crippen LogP contribution in [0.2, 0.25) is 0 Å². The Kier molecular flexibility index (Phi) is 4.22. The van der Waals surface area contributed by atoms with Gasteiger partial charge in [0.05, 0.1) is 11.4 Å². The molecule has 0 saturated carbocycles. The number of fused-ring (bicyclic) bond motifs is 2. The van der Waals surface area contributed by atoms with Crippen LogP contribution in [-0.2, 0) is 0 Å². The van der Waals surface area contributed by atoms with Gasteiger partial charge in [-0.2, -0.15) is 0 Å². The average Bonchev–Trinajstić information content (AvgIpc) is 3.21. The third-order valence-electron chi connectivity index (χ3n) is 4.13. The fourth-order valence-electron chi connectivity index (χ4n) is 2.70. The van der Waals surface area contributed by atoms with Gasteiger partial charge in [-0.3, -0.25) is 0 Å². The maximum Gasteiger partial charge on any atom is 0.170 e. The van der Waals surface area contributed by atoms with E-state index in [0.29, 0.717) is 22.7 Å². The van der Waals surface area contributed by atoms with Gasteiger partial charge in [-0.25, -0.2) is 0 Å². The van der Waals surface area contributed by atoms with Crippen molar-refractivity contribution in [2.45, 2.75) is 20.0 Å². The van der Waals surface area contributed by atoms with E-state index in [9.17, 15) is 5.11 Å². The second-order valence-corrected chi connectivity index (χ2v) is 6.13. The largest absolute Gasteiger partial charge is 0.491 e. The highest BCUT2D eigenvalue weighted by atomic mass is 16.5. The standard InChI is InChI=1S/C19H18N2O5/c1-11-16-5-3-14(7-18(16)25-20-11)23-9-13(22)10-24-15-4-6-17-12(2)21-26-19(17)8-15/h3-8,13,22H,9-10H2,1-2H3. The van der Waals surface area contributed by atoms with Gasteiger partial charge in [0.1, 0.15) is 30.8 Å². The van der Waals surface area contributed by atoms with Crippen LogP contribution in [0.15, 0.2) is 45.4 Å². The van der Waals surface area contributed by atoms with E-state index < -0.39 is 6.10 Å². The molecule has 7 heteroatoms. The minimum atomic E-state index is -0.783. The lowest BCUT2D eigenvalue weighted by Gasteiger charge is -2.13. The Balaban J connectivity index is 1.33. The van der Waals surface area contributed by atoms with Crippen molar-refractivity contribution in [3.8, 4) is 11.5 Å². The van der Waals surface area contributed by atoms with E-state index >= 15 is 0 Å². The van der Waals surface area contributed by atoms with Gasteiger partial charge in [-0.1, -0.05) is 10.3 Å². The van der Waals surface area contributed by atoms with Crippen LogP contribution in [0.5, 0.6) is 11.5 Å². The molecule has 1 N–H and O–H groups in total. The molecule has 0 unspecified atom stereocenters. The number of ether oxygens (including phenoxy) is 2. The van der Waals surface area contributed by atoms with Crippen LogP contribution < -0.4 is 9.47 Å². The first kappa shape index (κ1) is 16.4. The topological polar surface area (TPSA) is 90.8 Å². The molecule has 0 amide bonds. The van der Waals surface area contributed by atoms with Gasteiger partial charge >= 0.3 is 0 Å². The maximum absolute atomic E-state index is 10.1. The number of nitrogens with zero attached hydrogens (tertiary/aromatic N) is 2. The molecule has 0 bridgehead atoms. The lowest BCUT2D eigenvalue weighted by Crippen LogP contribution is -2.25. The summed E-state index contributed by atoms with van der Waals surface area (Å²) in [4.78, 5) is 0. The van der Waals surface area contributed by atoms with Crippen LogP contribution in [0.1, 0.15) is 11.4 Å². The Labute approximate surface area is 149 Å². The SMILES string of the molecule is Cc1noc2cc(OCC(O)COc3ccc4c(C)noc4c3)ccc12. The van der Waals surface area contributed by atoms with E-state index in [2.05, 4.69) is 10.3 Å². The molecule has 0 atom stereocenters. The van der Waals surface area contributed by atoms with Crippen molar-refractivity contribution >= 4 is 21.9 Å². The second kappa shape index (κ2) is 6.68. The number of aliphatic hydroxyl groups excluding tert-OH is 1. The lowest BCUT2D eigenvalue weighted by atomic mass is 10.2. The molecule has 4 aromatic rings. The van der Waals surface area contributed by atoms with E-state index in [0.717, 1.165) is 22.2 Å². The van der Waals surface area contributed by atoms with Gasteiger partial charge in [0.25, 0.3) is 0 Å². The van der Waals surface area contributed by atoms with Crippen LogP contribution >= 0.6 is 0 Å². The molecule has 4 rings (SSSR count). The highest BCUT2D eigenvalue weighted by molar-refractivity contribution is 5.81. The first-order chi connectivity index (χ1) is 12.6. The Hall–Kier alpha value is -3.06. The maximum atomic E-state index is 10.1. The van der Waals surface area contributed by atoms with E-state index in [1.165, 1.54) is 0 Å². The van der Waals surface area contributed by atoms with Crippen LogP contribution in [0.4, 0.5) is 0 Å². The third kappa shape index (κ3) is 3.21. The smallest absolute Gasteiger partial charge is 0.170 e. The van der Waals surface area contributed by atoms with Gasteiger partial charge < -0.3 is 23.6 Å². The summed E-state index contributed by atoms with van der Waals surface area (Å²) in [5.74, 6) is 1.21. The van der Waals surface area contributed by atoms with Crippen molar-refractivity contribution in [2.75, 3.05) is 13.2 Å². The number of rotatable bonds is 6. The zero-order valence-electron chi connectivity index (χ0n) is 14.4. The van der Waals surface area contributed by atoms with Crippen LogP contribution in [0.25, 0.3) is 21.9 Å². The highest BCUT2D eigenvalue weighted by Gasteiger charge is 2.11. The van der Waals surface area contributed by atoms with E-state index in [1.54, 1.807) is 12.1 Å². The summed E-state index contributed by atoms with van der Waals surface area (Å²) in [6, 6.07) is 10.9. The molecule has 0 aliphatic carbocycles. The fourth-order valence-corrected chi connectivity index (χ4v) is 2.70. The number of hydrogen-bond acceptors (Lipinski definition) is 7. The van der Waals surface area contributed by atoms with Crippen molar-refractivity contribution in [1.82, 2.24) is 10.3 Å². The minimum absolute atomic E-state index is 0.0995. The molecule has 0 aliphatic rings. The van der Waals surface area contributed by atoms with Gasteiger partial charge in [-0.05, 0) is 38.1 Å². The highest BCUT2D eigenvalue weighted by Crippen LogP contribution is 2.24. The zero-order chi connectivity index (χ0) is 18.1. The summed E-state index contributed by atoms with van der Waals surface area (Å²) in [5, 5.41) is 19.8. The molecule has 0 radical (unpaired) electrons. The quantitative estimate of drug-likeness (QED) is 0.567. The van der Waals surface area contributed by atoms with Crippen LogP contribution in [0, 0.1) is 13.8 Å². The summed E-state index contributed by atoms with van der Waals surface area (Å²) < 4.78 is 21.6. The van der Waals surface area contributed by atoms with Crippen molar-refractivity contribution in [3.05, 3.63) is 47.8 Å². The van der Waals surface area contributed by atoms with E-state index in [-0.39, 0.29) is 13.2 Å². The number of aliphatic hydroxyl groups is 1. The number of aromatic nitrogens is 2. The number of hydrogen-bond donors (Lipinski definition) is 1. The van der Waals surface area contributed by atoms with Gasteiger partial charge in [-0.15, -0.1) is 0 Å². The molecule has 26 heavy (non-hydrogen) atoms. The van der Waals surface area contributed by atoms with Gasteiger partial charge in [0.15, 0.2) is 11.2 Å². The van der Waals surface area contributed by atoms with Crippen LogP contribution in [-0.4, -0.2) is 34.7 Å². The Morgan fingerprint density at radius 3 is 1.77 bits per heavy atom. The van der Waals surface area contributed by atoms with Crippen molar-refractivity contribution in [1.29, 1.82) is 0 Å². The molecule has 2 aromatic heterocycles. The predicted molar refractivity (Wildman–Crippen MR) is 94.5 cm³/mol. The third-order valence-corrected chi connectivity index (χ3v) is 4.13. The molecule has 134 valence electrons. The van der Waals surface area contributed by atoms with Crippen molar-refractivity contribution < 1.29 is 23.6 Å². The summed E-state index contributed by atoms with van der Waals surface area (Å²) in [6.45, 7) is 3.96. The van der Waals surface area contributed by atoms with Gasteiger partial charge in [0.2, 0.25) is 0 Å². The second-order valence-electron chi connectivity index (χ2n) is 6.13. The van der Waals surface area contributed by atoms with E-state index in [1.807, 2.05) is 38.1 Å². The first-order valence-electron chi connectivity index (χ1n) is 8.26.